The lowest BCUT2D eigenvalue weighted by molar-refractivity contribution is 0.967. The van der Waals surface area contributed by atoms with Crippen LogP contribution in [0.5, 0.6) is 0 Å². The van der Waals surface area contributed by atoms with Gasteiger partial charge in [0.1, 0.15) is 0 Å². The highest BCUT2D eigenvalue weighted by Crippen LogP contribution is 2.57. The van der Waals surface area contributed by atoms with Gasteiger partial charge in [0, 0.05) is 9.81 Å². The molecule has 0 aliphatic heterocycles. The van der Waals surface area contributed by atoms with Gasteiger partial charge in [0.05, 0.1) is 4.32 Å². The lowest BCUT2D eigenvalue weighted by Crippen LogP contribution is -2.19. The molecule has 0 aromatic heterocycles. The minimum absolute atomic E-state index is 0.177. The number of hydrogen-bond donors (Lipinski definition) is 0. The van der Waals surface area contributed by atoms with E-state index in [1.54, 1.807) is 0 Å². The second-order valence-corrected chi connectivity index (χ2v) is 7.24. The number of rotatable bonds is 2. The van der Waals surface area contributed by atoms with Crippen molar-refractivity contribution in [2.45, 2.75) is 4.32 Å². The van der Waals surface area contributed by atoms with E-state index in [1.165, 1.54) is 26.7 Å². The van der Waals surface area contributed by atoms with Gasteiger partial charge in [0.15, 0.2) is 0 Å². The average Bonchev–Trinajstić information content (AvgIpc) is 2.70. The fourth-order valence-corrected chi connectivity index (χ4v) is 5.10. The first kappa shape index (κ1) is 13.6. The first-order chi connectivity index (χ1) is 9.18. The molecule has 0 N–H and O–H groups in total. The van der Waals surface area contributed by atoms with Gasteiger partial charge >= 0.3 is 0 Å². The monoisotopic (exact) mass is 440 g/mol. The molecular weight excluding hydrogens is 432 g/mol. The zero-order valence-electron chi connectivity index (χ0n) is 10.0. The second kappa shape index (κ2) is 5.19. The van der Waals surface area contributed by atoms with E-state index in [0.717, 1.165) is 5.33 Å². The summed E-state index contributed by atoms with van der Waals surface area (Å²) in [6, 6.07) is 19.0. The molecule has 1 aliphatic rings. The molecule has 0 amide bonds. The highest BCUT2D eigenvalue weighted by atomic mass is 79.9. The van der Waals surface area contributed by atoms with E-state index in [-0.39, 0.29) is 4.32 Å². The summed E-state index contributed by atoms with van der Waals surface area (Å²) in [5, 5.41) is 0.830. The maximum Gasteiger partial charge on any atom is 0.0874 e. The van der Waals surface area contributed by atoms with E-state index in [0.29, 0.717) is 0 Å². The van der Waals surface area contributed by atoms with Crippen LogP contribution < -0.4 is 0 Å². The molecule has 2 aromatic rings. The Labute approximate surface area is 138 Å². The molecule has 0 bridgehead atoms. The van der Waals surface area contributed by atoms with E-state index in [1.807, 2.05) is 6.07 Å². The van der Waals surface area contributed by atoms with Crippen molar-refractivity contribution in [2.24, 2.45) is 0 Å². The number of alkyl halides is 2. The van der Waals surface area contributed by atoms with Crippen molar-refractivity contribution in [3.8, 4) is 0 Å². The normalized spacial score (nSPS) is 21.6. The Morgan fingerprint density at radius 1 is 0.895 bits per heavy atom. The standard InChI is InChI=1S/C16H11Br3/c17-10-16(19)13-9-5-4-8-12(13)15(18)14(16)11-6-2-1-3-7-11/h1-9H,10H2/t16-/m0/s1. The minimum Gasteiger partial charge on any atom is -0.0905 e. The summed E-state index contributed by atoms with van der Waals surface area (Å²) in [4.78, 5) is 0. The third kappa shape index (κ3) is 2.07. The SMILES string of the molecule is BrC[C@@]1(Br)C(c2ccccc2)=C(Br)c2ccccc21. The molecule has 1 atom stereocenters. The fourth-order valence-electron chi connectivity index (χ4n) is 2.56. The van der Waals surface area contributed by atoms with Crippen molar-refractivity contribution in [2.75, 3.05) is 5.33 Å². The van der Waals surface area contributed by atoms with Gasteiger partial charge in [-0.3, -0.25) is 0 Å². The molecular formula is C16H11Br3. The molecule has 1 aliphatic carbocycles. The molecule has 0 heterocycles. The average molecular weight is 443 g/mol. The molecule has 0 spiro atoms. The van der Waals surface area contributed by atoms with E-state index in [4.69, 9.17) is 0 Å². The van der Waals surface area contributed by atoms with Crippen LogP contribution >= 0.6 is 47.8 Å². The van der Waals surface area contributed by atoms with Crippen molar-refractivity contribution in [3.05, 3.63) is 71.3 Å². The highest BCUT2D eigenvalue weighted by molar-refractivity contribution is 9.15. The number of allylic oxidation sites excluding steroid dienone is 1. The maximum absolute atomic E-state index is 3.95. The van der Waals surface area contributed by atoms with Gasteiger partial charge in [0.2, 0.25) is 0 Å². The fraction of sp³-hybridized carbons (Fsp3) is 0.125. The Hall–Kier alpha value is -0.380. The first-order valence-electron chi connectivity index (χ1n) is 5.99. The maximum atomic E-state index is 3.95. The highest BCUT2D eigenvalue weighted by Gasteiger charge is 2.42. The zero-order valence-corrected chi connectivity index (χ0v) is 14.8. The third-order valence-corrected chi connectivity index (χ3v) is 6.97. The lowest BCUT2D eigenvalue weighted by atomic mass is 9.93. The predicted octanol–water partition coefficient (Wildman–Crippen LogP) is 5.95. The Balaban J connectivity index is 2.28. The smallest absolute Gasteiger partial charge is 0.0874 e. The first-order valence-corrected chi connectivity index (χ1v) is 8.69. The van der Waals surface area contributed by atoms with Gasteiger partial charge in [-0.15, -0.1) is 0 Å². The number of fused-ring (bicyclic) bond motifs is 1. The largest absolute Gasteiger partial charge is 0.0905 e. The van der Waals surface area contributed by atoms with Crippen molar-refractivity contribution < 1.29 is 0 Å². The molecule has 0 unspecified atom stereocenters. The summed E-state index contributed by atoms with van der Waals surface area (Å²) in [5.74, 6) is 0. The van der Waals surface area contributed by atoms with E-state index >= 15 is 0 Å². The Bertz CT molecular complexity index is 646. The van der Waals surface area contributed by atoms with Gasteiger partial charge < -0.3 is 0 Å². The number of benzene rings is 2. The van der Waals surface area contributed by atoms with Gasteiger partial charge in [-0.1, -0.05) is 86.5 Å². The van der Waals surface area contributed by atoms with Crippen molar-refractivity contribution in [1.29, 1.82) is 0 Å². The van der Waals surface area contributed by atoms with Crippen LogP contribution in [0.25, 0.3) is 10.1 Å². The zero-order chi connectivity index (χ0) is 13.5. The van der Waals surface area contributed by atoms with Crippen LogP contribution in [0, 0.1) is 0 Å². The molecule has 0 saturated heterocycles. The van der Waals surface area contributed by atoms with E-state index < -0.39 is 0 Å². The van der Waals surface area contributed by atoms with Gasteiger partial charge in [0.25, 0.3) is 0 Å². The summed E-state index contributed by atoms with van der Waals surface area (Å²) in [6.07, 6.45) is 0. The van der Waals surface area contributed by atoms with Gasteiger partial charge in [-0.05, 0) is 38.2 Å². The Morgan fingerprint density at radius 3 is 2.21 bits per heavy atom. The molecule has 0 nitrogen and oxygen atoms in total. The summed E-state index contributed by atoms with van der Waals surface area (Å²) in [6.45, 7) is 0. The van der Waals surface area contributed by atoms with Crippen LogP contribution in [0.1, 0.15) is 16.7 Å². The minimum atomic E-state index is -0.177. The molecule has 0 radical (unpaired) electrons. The topological polar surface area (TPSA) is 0 Å². The van der Waals surface area contributed by atoms with Crippen LogP contribution in [-0.4, -0.2) is 5.33 Å². The van der Waals surface area contributed by atoms with Gasteiger partial charge in [-0.25, -0.2) is 0 Å². The summed E-state index contributed by atoms with van der Waals surface area (Å²) >= 11 is 11.4. The molecule has 0 saturated carbocycles. The molecule has 19 heavy (non-hydrogen) atoms. The Kier molecular flexibility index (Phi) is 3.71. The summed E-state index contributed by atoms with van der Waals surface area (Å²) in [7, 11) is 0. The van der Waals surface area contributed by atoms with Crippen molar-refractivity contribution in [1.82, 2.24) is 0 Å². The van der Waals surface area contributed by atoms with Crippen molar-refractivity contribution >= 4 is 57.8 Å². The third-order valence-electron chi connectivity index (χ3n) is 3.45. The van der Waals surface area contributed by atoms with Crippen LogP contribution in [-0.2, 0) is 4.32 Å². The molecule has 0 fully saturated rings. The molecule has 2 aromatic carbocycles. The Morgan fingerprint density at radius 2 is 1.53 bits per heavy atom. The van der Waals surface area contributed by atoms with Crippen LogP contribution in [0.3, 0.4) is 0 Å². The van der Waals surface area contributed by atoms with Crippen LogP contribution in [0.4, 0.5) is 0 Å². The number of halogens is 3. The predicted molar refractivity (Wildman–Crippen MR) is 93.0 cm³/mol. The molecule has 96 valence electrons. The lowest BCUT2D eigenvalue weighted by Gasteiger charge is -2.25. The molecule has 3 heteroatoms. The summed E-state index contributed by atoms with van der Waals surface area (Å²) in [5.41, 5.74) is 5.09. The van der Waals surface area contributed by atoms with Crippen LogP contribution in [0.15, 0.2) is 54.6 Å². The number of hydrogen-bond acceptors (Lipinski definition) is 0. The molecule has 3 rings (SSSR count). The van der Waals surface area contributed by atoms with E-state index in [2.05, 4.69) is 96.3 Å². The quantitative estimate of drug-likeness (QED) is 0.504. The van der Waals surface area contributed by atoms with Crippen molar-refractivity contribution in [3.63, 3.8) is 0 Å². The van der Waals surface area contributed by atoms with Crippen LogP contribution in [0.2, 0.25) is 0 Å². The van der Waals surface area contributed by atoms with E-state index in [9.17, 15) is 0 Å². The van der Waals surface area contributed by atoms with Gasteiger partial charge in [-0.2, -0.15) is 0 Å². The second-order valence-electron chi connectivity index (χ2n) is 4.54. The summed E-state index contributed by atoms with van der Waals surface area (Å²) < 4.78 is 0.995.